The summed E-state index contributed by atoms with van der Waals surface area (Å²) in [5.41, 5.74) is 0.645. The molecule has 0 bridgehead atoms. The molecule has 1 heterocycles. The van der Waals surface area contributed by atoms with Gasteiger partial charge < -0.3 is 10.4 Å². The van der Waals surface area contributed by atoms with Crippen LogP contribution in [0.4, 0.5) is 4.79 Å². The van der Waals surface area contributed by atoms with Gasteiger partial charge in [-0.3, -0.25) is 14.9 Å². The number of carbonyl (C=O) groups excluding carboxylic acids is 2. The molecule has 3 N–H and O–H groups in total. The summed E-state index contributed by atoms with van der Waals surface area (Å²) in [4.78, 5) is 41.2. The van der Waals surface area contributed by atoms with Gasteiger partial charge in [0, 0.05) is 19.0 Å². The van der Waals surface area contributed by atoms with E-state index in [0.717, 1.165) is 0 Å². The van der Waals surface area contributed by atoms with Gasteiger partial charge in [-0.15, -0.1) is 0 Å². The zero-order valence-corrected chi connectivity index (χ0v) is 11.8. The molecule has 1 rings (SSSR count). The summed E-state index contributed by atoms with van der Waals surface area (Å²) in [5.74, 6) is -0.728. The Labute approximate surface area is 122 Å². The van der Waals surface area contributed by atoms with Gasteiger partial charge in [0.05, 0.1) is 12.2 Å². The van der Waals surface area contributed by atoms with Crippen LogP contribution < -0.4 is 10.6 Å². The second kappa shape index (κ2) is 8.62. The number of carboxylic acids is 1. The van der Waals surface area contributed by atoms with E-state index in [4.69, 9.17) is 5.11 Å². The number of aliphatic carboxylic acids is 1. The molecule has 8 nitrogen and oxygen atoms in total. The first-order valence-electron chi connectivity index (χ1n) is 6.55. The summed E-state index contributed by atoms with van der Waals surface area (Å²) in [7, 11) is 0. The molecule has 0 spiro atoms. The molecular formula is C13H18N4O4. The van der Waals surface area contributed by atoms with Crippen LogP contribution in [0.25, 0.3) is 0 Å². The Kier molecular flexibility index (Phi) is 6.79. The van der Waals surface area contributed by atoms with Crippen molar-refractivity contribution in [3.8, 4) is 0 Å². The molecule has 0 radical (unpaired) electrons. The van der Waals surface area contributed by atoms with E-state index < -0.39 is 17.9 Å². The van der Waals surface area contributed by atoms with Crippen molar-refractivity contribution in [2.24, 2.45) is 0 Å². The predicted octanol–water partition coefficient (Wildman–Crippen LogP) is 0.756. The summed E-state index contributed by atoms with van der Waals surface area (Å²) >= 11 is 0. The quantitative estimate of drug-likeness (QED) is 0.638. The average Bonchev–Trinajstić information content (AvgIpc) is 2.41. The second-order valence-corrected chi connectivity index (χ2v) is 4.43. The minimum Gasteiger partial charge on any atom is -0.481 e. The Morgan fingerprint density at radius 2 is 1.95 bits per heavy atom. The third-order valence-electron chi connectivity index (χ3n) is 2.56. The van der Waals surface area contributed by atoms with Crippen LogP contribution in [0.2, 0.25) is 0 Å². The molecule has 1 aromatic heterocycles. The standard InChI is InChI=1S/C13H18N4O4/c1-9-14-7-6-10(16-9)8-15-13(21)17-11(18)4-2-3-5-12(19)20/h6-7H,2-5,8H2,1H3,(H,19,20)(H2,15,17,18,21). The highest BCUT2D eigenvalue weighted by atomic mass is 16.4. The van der Waals surface area contributed by atoms with E-state index in [9.17, 15) is 14.4 Å². The maximum absolute atomic E-state index is 11.5. The van der Waals surface area contributed by atoms with Crippen LogP contribution >= 0.6 is 0 Å². The normalized spacial score (nSPS) is 9.95. The molecule has 0 saturated carbocycles. The Morgan fingerprint density at radius 1 is 1.24 bits per heavy atom. The lowest BCUT2D eigenvalue weighted by atomic mass is 10.2. The van der Waals surface area contributed by atoms with Gasteiger partial charge in [0.15, 0.2) is 0 Å². The third-order valence-corrected chi connectivity index (χ3v) is 2.56. The first-order valence-corrected chi connectivity index (χ1v) is 6.55. The predicted molar refractivity (Wildman–Crippen MR) is 73.3 cm³/mol. The third kappa shape index (κ3) is 7.61. The lowest BCUT2D eigenvalue weighted by molar-refractivity contribution is -0.137. The number of carbonyl (C=O) groups is 3. The van der Waals surface area contributed by atoms with Gasteiger partial charge in [0.1, 0.15) is 5.82 Å². The van der Waals surface area contributed by atoms with Crippen LogP contribution in [-0.2, 0) is 16.1 Å². The van der Waals surface area contributed by atoms with Gasteiger partial charge in [-0.05, 0) is 25.8 Å². The first-order chi connectivity index (χ1) is 9.97. The monoisotopic (exact) mass is 294 g/mol. The number of urea groups is 1. The average molecular weight is 294 g/mol. The largest absolute Gasteiger partial charge is 0.481 e. The minimum atomic E-state index is -0.895. The molecule has 1 aromatic rings. The fourth-order valence-corrected chi connectivity index (χ4v) is 1.57. The Hall–Kier alpha value is -2.51. The van der Waals surface area contributed by atoms with Gasteiger partial charge in [0.2, 0.25) is 5.91 Å². The van der Waals surface area contributed by atoms with Crippen LogP contribution in [0.15, 0.2) is 12.3 Å². The molecule has 0 aliphatic carbocycles. The fraction of sp³-hybridized carbons (Fsp3) is 0.462. The number of amides is 3. The number of hydrogen-bond acceptors (Lipinski definition) is 5. The molecule has 3 amide bonds. The van der Waals surface area contributed by atoms with Crippen LogP contribution in [0.1, 0.15) is 37.2 Å². The van der Waals surface area contributed by atoms with Gasteiger partial charge in [0.25, 0.3) is 0 Å². The Bertz CT molecular complexity index is 519. The van der Waals surface area contributed by atoms with Crippen molar-refractivity contribution < 1.29 is 19.5 Å². The van der Waals surface area contributed by atoms with E-state index in [0.29, 0.717) is 24.4 Å². The van der Waals surface area contributed by atoms with Gasteiger partial charge in [-0.2, -0.15) is 0 Å². The molecule has 21 heavy (non-hydrogen) atoms. The lowest BCUT2D eigenvalue weighted by Crippen LogP contribution is -2.39. The topological polar surface area (TPSA) is 121 Å². The van der Waals surface area contributed by atoms with Crippen LogP contribution in [-0.4, -0.2) is 33.0 Å². The smallest absolute Gasteiger partial charge is 0.321 e. The first kappa shape index (κ1) is 16.5. The van der Waals surface area contributed by atoms with Crippen molar-refractivity contribution >= 4 is 17.9 Å². The highest BCUT2D eigenvalue weighted by Gasteiger charge is 2.08. The Morgan fingerprint density at radius 3 is 2.62 bits per heavy atom. The van der Waals surface area contributed by atoms with Crippen molar-refractivity contribution in [1.29, 1.82) is 0 Å². The van der Waals surface area contributed by atoms with Gasteiger partial charge >= 0.3 is 12.0 Å². The van der Waals surface area contributed by atoms with Crippen LogP contribution in [0.3, 0.4) is 0 Å². The number of hydrogen-bond donors (Lipinski definition) is 3. The molecule has 0 aromatic carbocycles. The molecule has 0 aliphatic heterocycles. The number of imide groups is 1. The number of unbranched alkanes of at least 4 members (excludes halogenated alkanes) is 1. The van der Waals surface area contributed by atoms with Crippen molar-refractivity contribution in [3.05, 3.63) is 23.8 Å². The molecule has 0 aliphatic rings. The summed E-state index contributed by atoms with van der Waals surface area (Å²) in [6, 6.07) is 1.07. The minimum absolute atomic E-state index is 0.0204. The summed E-state index contributed by atoms with van der Waals surface area (Å²) < 4.78 is 0. The fourth-order valence-electron chi connectivity index (χ4n) is 1.57. The van der Waals surface area contributed by atoms with Gasteiger partial charge in [-0.1, -0.05) is 0 Å². The second-order valence-electron chi connectivity index (χ2n) is 4.43. The maximum atomic E-state index is 11.5. The molecule has 0 saturated heterocycles. The molecule has 0 fully saturated rings. The number of aromatic nitrogens is 2. The van der Waals surface area contributed by atoms with Crippen molar-refractivity contribution in [1.82, 2.24) is 20.6 Å². The van der Waals surface area contributed by atoms with E-state index in [1.165, 1.54) is 0 Å². The number of nitrogens with one attached hydrogen (secondary N) is 2. The van der Waals surface area contributed by atoms with E-state index in [1.807, 2.05) is 0 Å². The van der Waals surface area contributed by atoms with Gasteiger partial charge in [-0.25, -0.2) is 14.8 Å². The lowest BCUT2D eigenvalue weighted by Gasteiger charge is -2.06. The molecule has 0 atom stereocenters. The zero-order chi connectivity index (χ0) is 15.7. The molecule has 114 valence electrons. The van der Waals surface area contributed by atoms with Crippen LogP contribution in [0, 0.1) is 6.92 Å². The highest BCUT2D eigenvalue weighted by Crippen LogP contribution is 1.99. The molecular weight excluding hydrogens is 276 g/mol. The number of nitrogens with zero attached hydrogens (tertiary/aromatic N) is 2. The van der Waals surface area contributed by atoms with Crippen molar-refractivity contribution in [3.63, 3.8) is 0 Å². The summed E-state index contributed by atoms with van der Waals surface area (Å²) in [5, 5.41) is 13.1. The zero-order valence-electron chi connectivity index (χ0n) is 11.8. The molecule has 0 unspecified atom stereocenters. The van der Waals surface area contributed by atoms with E-state index in [2.05, 4.69) is 20.6 Å². The number of rotatable bonds is 7. The molecule has 8 heteroatoms. The van der Waals surface area contributed by atoms with Crippen molar-refractivity contribution in [2.75, 3.05) is 0 Å². The SMILES string of the molecule is Cc1nccc(CNC(=O)NC(=O)CCCCC(=O)O)n1. The summed E-state index contributed by atoms with van der Waals surface area (Å²) in [6.45, 7) is 1.94. The van der Waals surface area contributed by atoms with Crippen LogP contribution in [0.5, 0.6) is 0 Å². The van der Waals surface area contributed by atoms with Crippen molar-refractivity contribution in [2.45, 2.75) is 39.2 Å². The maximum Gasteiger partial charge on any atom is 0.321 e. The Balaban J connectivity index is 2.21. The van der Waals surface area contributed by atoms with E-state index in [1.54, 1.807) is 19.2 Å². The van der Waals surface area contributed by atoms with E-state index >= 15 is 0 Å². The summed E-state index contributed by atoms with van der Waals surface area (Å²) in [6.07, 6.45) is 2.56. The highest BCUT2D eigenvalue weighted by molar-refractivity contribution is 5.94. The number of aryl methyl sites for hydroxylation is 1. The van der Waals surface area contributed by atoms with E-state index in [-0.39, 0.29) is 19.4 Å². The number of carboxylic acid groups (broad SMARTS) is 1.